The lowest BCUT2D eigenvalue weighted by atomic mass is 10.1. The van der Waals surface area contributed by atoms with E-state index < -0.39 is 12.1 Å². The van der Waals surface area contributed by atoms with Gasteiger partial charge in [0.15, 0.2) is 0 Å². The maximum Gasteiger partial charge on any atom is 0.229 e. The van der Waals surface area contributed by atoms with Gasteiger partial charge in [-0.15, -0.1) is 0 Å². The van der Waals surface area contributed by atoms with E-state index in [1.807, 2.05) is 13.8 Å². The summed E-state index contributed by atoms with van der Waals surface area (Å²) in [4.78, 5) is 11.2. The molecule has 64 valence electrons. The molecule has 3 heteroatoms. The Bertz CT molecular complexity index is 163. The highest BCUT2D eigenvalue weighted by Crippen LogP contribution is 2.46. The van der Waals surface area contributed by atoms with Gasteiger partial charge in [-0.2, -0.15) is 0 Å². The molecule has 0 aliphatic heterocycles. The fraction of sp³-hybridized carbons (Fsp3) is 0.875. The minimum Gasteiger partial charge on any atom is -0.353 e. The van der Waals surface area contributed by atoms with Crippen LogP contribution in [0.25, 0.3) is 0 Å². The molecule has 1 saturated carbocycles. The number of hydrogen-bond donors (Lipinski definition) is 1. The van der Waals surface area contributed by atoms with Crippen molar-refractivity contribution >= 4 is 5.91 Å². The summed E-state index contributed by atoms with van der Waals surface area (Å²) in [5.74, 6) is -0.116. The van der Waals surface area contributed by atoms with E-state index in [1.54, 1.807) is 0 Å². The van der Waals surface area contributed by atoms with E-state index in [4.69, 9.17) is 0 Å². The third kappa shape index (κ3) is 1.70. The second kappa shape index (κ2) is 2.80. The van der Waals surface area contributed by atoms with Gasteiger partial charge < -0.3 is 5.32 Å². The van der Waals surface area contributed by atoms with Crippen LogP contribution in [-0.2, 0) is 4.79 Å². The minimum atomic E-state index is -0.635. The molecule has 1 aliphatic rings. The van der Waals surface area contributed by atoms with Gasteiger partial charge in [0.25, 0.3) is 0 Å². The molecule has 0 spiro atoms. The first-order valence-corrected chi connectivity index (χ1v) is 3.98. The predicted molar refractivity (Wildman–Crippen MR) is 40.9 cm³/mol. The Morgan fingerprint density at radius 3 is 2.45 bits per heavy atom. The molecule has 2 nitrogen and oxygen atoms in total. The Kier molecular flexibility index (Phi) is 2.16. The molecule has 0 unspecified atom stereocenters. The molecule has 1 amide bonds. The highest BCUT2D eigenvalue weighted by atomic mass is 19.1. The van der Waals surface area contributed by atoms with E-state index in [-0.39, 0.29) is 11.9 Å². The number of nitrogens with one attached hydrogen (secondary N) is 1. The number of carbonyl (C=O) groups excluding carboxylic acids is 1. The zero-order valence-electron chi connectivity index (χ0n) is 6.98. The molecule has 11 heavy (non-hydrogen) atoms. The van der Waals surface area contributed by atoms with Crippen LogP contribution in [0, 0.1) is 5.41 Å². The molecule has 0 aromatic rings. The number of hydrogen-bond acceptors (Lipinski definition) is 1. The zero-order valence-corrected chi connectivity index (χ0v) is 6.98. The van der Waals surface area contributed by atoms with Crippen molar-refractivity contribution in [2.75, 3.05) is 6.67 Å². The first-order chi connectivity index (χ1) is 5.10. The van der Waals surface area contributed by atoms with E-state index in [0.717, 1.165) is 0 Å². The van der Waals surface area contributed by atoms with Gasteiger partial charge in [-0.3, -0.25) is 4.79 Å². The van der Waals surface area contributed by atoms with Gasteiger partial charge >= 0.3 is 0 Å². The summed E-state index contributed by atoms with van der Waals surface area (Å²) in [7, 11) is 0. The van der Waals surface area contributed by atoms with Gasteiger partial charge in [0, 0.05) is 6.04 Å². The van der Waals surface area contributed by atoms with Crippen LogP contribution in [0.1, 0.15) is 26.7 Å². The van der Waals surface area contributed by atoms with Crippen LogP contribution >= 0.6 is 0 Å². The summed E-state index contributed by atoms with van der Waals surface area (Å²) in [5.41, 5.74) is -0.635. The van der Waals surface area contributed by atoms with E-state index in [1.165, 1.54) is 0 Å². The Labute approximate surface area is 66.2 Å². The van der Waals surface area contributed by atoms with Crippen LogP contribution < -0.4 is 5.32 Å². The number of alkyl halides is 1. The molecular formula is C8H14FNO. The van der Waals surface area contributed by atoms with Crippen molar-refractivity contribution in [3.8, 4) is 0 Å². The van der Waals surface area contributed by atoms with Crippen molar-refractivity contribution in [2.24, 2.45) is 5.41 Å². The van der Waals surface area contributed by atoms with Crippen molar-refractivity contribution in [3.05, 3.63) is 0 Å². The SMILES string of the molecule is CC(C)NC(=O)C1(CF)CC1. The molecule has 1 fully saturated rings. The van der Waals surface area contributed by atoms with Gasteiger partial charge in [0.1, 0.15) is 6.67 Å². The van der Waals surface area contributed by atoms with Crippen molar-refractivity contribution < 1.29 is 9.18 Å². The number of amides is 1. The van der Waals surface area contributed by atoms with Crippen LogP contribution in [0.2, 0.25) is 0 Å². The van der Waals surface area contributed by atoms with Gasteiger partial charge in [-0.1, -0.05) is 0 Å². The Hall–Kier alpha value is -0.600. The summed E-state index contributed by atoms with van der Waals surface area (Å²) in [5, 5.41) is 2.72. The Balaban J connectivity index is 2.41. The first kappa shape index (κ1) is 8.50. The van der Waals surface area contributed by atoms with Gasteiger partial charge in [-0.05, 0) is 26.7 Å². The number of carbonyl (C=O) groups is 1. The van der Waals surface area contributed by atoms with Crippen molar-refractivity contribution in [1.82, 2.24) is 5.32 Å². The normalized spacial score (nSPS) is 20.0. The molecule has 0 saturated heterocycles. The smallest absolute Gasteiger partial charge is 0.229 e. The molecule has 0 bridgehead atoms. The average molecular weight is 159 g/mol. The lowest BCUT2D eigenvalue weighted by Crippen LogP contribution is -2.37. The number of rotatable bonds is 3. The van der Waals surface area contributed by atoms with Gasteiger partial charge in [0.05, 0.1) is 5.41 Å². The van der Waals surface area contributed by atoms with Crippen LogP contribution in [-0.4, -0.2) is 18.6 Å². The largest absolute Gasteiger partial charge is 0.353 e. The topological polar surface area (TPSA) is 29.1 Å². The van der Waals surface area contributed by atoms with Gasteiger partial charge in [-0.25, -0.2) is 4.39 Å². The maximum atomic E-state index is 12.3. The Morgan fingerprint density at radius 2 is 2.18 bits per heavy atom. The molecule has 1 aliphatic carbocycles. The summed E-state index contributed by atoms with van der Waals surface area (Å²) < 4.78 is 12.3. The van der Waals surface area contributed by atoms with Crippen molar-refractivity contribution in [1.29, 1.82) is 0 Å². The maximum absolute atomic E-state index is 12.3. The molecule has 1 rings (SSSR count). The standard InChI is InChI=1S/C8H14FNO/c1-6(2)10-7(11)8(5-9)3-4-8/h6H,3-5H2,1-2H3,(H,10,11). The highest BCUT2D eigenvalue weighted by Gasteiger charge is 2.50. The number of halogens is 1. The predicted octanol–water partition coefficient (Wildman–Crippen LogP) is 1.26. The third-order valence-electron chi connectivity index (χ3n) is 2.01. The fourth-order valence-electron chi connectivity index (χ4n) is 0.988. The lowest BCUT2D eigenvalue weighted by molar-refractivity contribution is -0.127. The van der Waals surface area contributed by atoms with Crippen LogP contribution in [0.4, 0.5) is 4.39 Å². The molecule has 0 aromatic heterocycles. The monoisotopic (exact) mass is 159 g/mol. The van der Waals surface area contributed by atoms with E-state index in [2.05, 4.69) is 5.32 Å². The van der Waals surface area contributed by atoms with E-state index in [9.17, 15) is 9.18 Å². The highest BCUT2D eigenvalue weighted by molar-refractivity contribution is 5.85. The van der Waals surface area contributed by atoms with Crippen molar-refractivity contribution in [2.45, 2.75) is 32.7 Å². The quantitative estimate of drug-likeness (QED) is 0.660. The second-order valence-corrected chi connectivity index (χ2v) is 3.54. The molecule has 0 aromatic carbocycles. The lowest BCUT2D eigenvalue weighted by Gasteiger charge is -2.13. The summed E-state index contributed by atoms with van der Waals surface area (Å²) in [6.07, 6.45) is 1.42. The average Bonchev–Trinajstić information content (AvgIpc) is 2.65. The fourth-order valence-corrected chi connectivity index (χ4v) is 0.988. The summed E-state index contributed by atoms with van der Waals surface area (Å²) in [6, 6.07) is 0.117. The molecular weight excluding hydrogens is 145 g/mol. The van der Waals surface area contributed by atoms with E-state index in [0.29, 0.717) is 12.8 Å². The molecule has 1 N–H and O–H groups in total. The van der Waals surface area contributed by atoms with Crippen LogP contribution in [0.3, 0.4) is 0 Å². The van der Waals surface area contributed by atoms with E-state index >= 15 is 0 Å². The minimum absolute atomic E-state index is 0.116. The molecule has 0 atom stereocenters. The summed E-state index contributed by atoms with van der Waals surface area (Å²) in [6.45, 7) is 3.25. The molecule has 0 heterocycles. The van der Waals surface area contributed by atoms with Crippen LogP contribution in [0.15, 0.2) is 0 Å². The third-order valence-corrected chi connectivity index (χ3v) is 2.01. The van der Waals surface area contributed by atoms with Gasteiger partial charge in [0.2, 0.25) is 5.91 Å². The molecule has 0 radical (unpaired) electrons. The first-order valence-electron chi connectivity index (χ1n) is 3.98. The second-order valence-electron chi connectivity index (χ2n) is 3.54. The van der Waals surface area contributed by atoms with Crippen LogP contribution in [0.5, 0.6) is 0 Å². The Morgan fingerprint density at radius 1 is 1.64 bits per heavy atom. The summed E-state index contributed by atoms with van der Waals surface area (Å²) >= 11 is 0. The van der Waals surface area contributed by atoms with Crippen molar-refractivity contribution in [3.63, 3.8) is 0 Å². The zero-order chi connectivity index (χ0) is 8.48.